The standard InChI is InChI=1S/C17H24N6O2/c1-11-8-13(22(3)21-11)9-18-17-14-4-6-23(10-16(24)25)7-5-15(14)19-12(2)20-17/h8H,4-7,9-10H2,1-3H3,(H,24,25)(H,18,19,20). The Labute approximate surface area is 146 Å². The molecule has 134 valence electrons. The number of nitrogens with one attached hydrogen (secondary N) is 1. The molecule has 8 nitrogen and oxygen atoms in total. The summed E-state index contributed by atoms with van der Waals surface area (Å²) in [6.45, 7) is 5.97. The fourth-order valence-electron chi connectivity index (χ4n) is 3.27. The number of aromatic nitrogens is 4. The van der Waals surface area contributed by atoms with Crippen molar-refractivity contribution in [3.8, 4) is 0 Å². The van der Waals surface area contributed by atoms with Gasteiger partial charge in [-0.25, -0.2) is 9.97 Å². The number of nitrogens with zero attached hydrogens (tertiary/aromatic N) is 5. The van der Waals surface area contributed by atoms with Crippen molar-refractivity contribution < 1.29 is 9.90 Å². The summed E-state index contributed by atoms with van der Waals surface area (Å²) in [6.07, 6.45) is 1.49. The first-order chi connectivity index (χ1) is 11.9. The minimum atomic E-state index is -0.793. The molecule has 3 heterocycles. The van der Waals surface area contributed by atoms with E-state index in [1.54, 1.807) is 0 Å². The normalized spacial score (nSPS) is 14.8. The molecule has 0 saturated carbocycles. The molecule has 2 aromatic rings. The fraction of sp³-hybridized carbons (Fsp3) is 0.529. The highest BCUT2D eigenvalue weighted by molar-refractivity contribution is 5.69. The minimum absolute atomic E-state index is 0.0669. The van der Waals surface area contributed by atoms with E-state index in [9.17, 15) is 4.79 Å². The zero-order chi connectivity index (χ0) is 18.0. The Kier molecular flexibility index (Phi) is 4.98. The molecular weight excluding hydrogens is 320 g/mol. The second kappa shape index (κ2) is 7.18. The van der Waals surface area contributed by atoms with Crippen LogP contribution >= 0.6 is 0 Å². The first-order valence-corrected chi connectivity index (χ1v) is 8.46. The lowest BCUT2D eigenvalue weighted by Gasteiger charge is -2.16. The summed E-state index contributed by atoms with van der Waals surface area (Å²) in [4.78, 5) is 22.1. The van der Waals surface area contributed by atoms with Gasteiger partial charge in [0.05, 0.1) is 30.2 Å². The Balaban J connectivity index is 1.78. The van der Waals surface area contributed by atoms with E-state index in [4.69, 9.17) is 5.11 Å². The average molecular weight is 344 g/mol. The van der Waals surface area contributed by atoms with Crippen LogP contribution in [0, 0.1) is 13.8 Å². The Morgan fingerprint density at radius 1 is 1.28 bits per heavy atom. The van der Waals surface area contributed by atoms with Gasteiger partial charge in [0, 0.05) is 32.1 Å². The molecule has 0 amide bonds. The van der Waals surface area contributed by atoms with E-state index < -0.39 is 5.97 Å². The topological polar surface area (TPSA) is 96.2 Å². The summed E-state index contributed by atoms with van der Waals surface area (Å²) in [6, 6.07) is 2.05. The van der Waals surface area contributed by atoms with Gasteiger partial charge in [0.25, 0.3) is 0 Å². The van der Waals surface area contributed by atoms with E-state index in [-0.39, 0.29) is 6.54 Å². The predicted molar refractivity (Wildman–Crippen MR) is 93.5 cm³/mol. The molecule has 3 rings (SSSR count). The average Bonchev–Trinajstić information content (AvgIpc) is 2.73. The quantitative estimate of drug-likeness (QED) is 0.833. The molecule has 0 bridgehead atoms. The van der Waals surface area contributed by atoms with Gasteiger partial charge >= 0.3 is 5.97 Å². The molecule has 2 N–H and O–H groups in total. The molecule has 0 fully saturated rings. The van der Waals surface area contributed by atoms with Gasteiger partial charge in [0.15, 0.2) is 0 Å². The molecule has 8 heteroatoms. The van der Waals surface area contributed by atoms with Crippen LogP contribution in [0.15, 0.2) is 6.07 Å². The highest BCUT2D eigenvalue weighted by Crippen LogP contribution is 2.22. The largest absolute Gasteiger partial charge is 0.480 e. The van der Waals surface area contributed by atoms with Gasteiger partial charge in [-0.2, -0.15) is 5.10 Å². The van der Waals surface area contributed by atoms with Crippen molar-refractivity contribution in [1.82, 2.24) is 24.6 Å². The number of aryl methyl sites for hydroxylation is 3. The number of fused-ring (bicyclic) bond motifs is 1. The molecule has 0 spiro atoms. The van der Waals surface area contributed by atoms with Crippen LogP contribution in [0.4, 0.5) is 5.82 Å². The molecule has 0 atom stereocenters. The van der Waals surface area contributed by atoms with Crippen LogP contribution in [0.2, 0.25) is 0 Å². The van der Waals surface area contributed by atoms with Crippen LogP contribution in [0.5, 0.6) is 0 Å². The number of hydrogen-bond acceptors (Lipinski definition) is 6. The molecule has 0 saturated heterocycles. The lowest BCUT2D eigenvalue weighted by atomic mass is 10.1. The van der Waals surface area contributed by atoms with Crippen LogP contribution in [-0.4, -0.2) is 55.4 Å². The molecule has 2 aromatic heterocycles. The Bertz CT molecular complexity index is 786. The zero-order valence-electron chi connectivity index (χ0n) is 14.9. The maximum absolute atomic E-state index is 11.0. The van der Waals surface area contributed by atoms with E-state index in [0.29, 0.717) is 19.6 Å². The third kappa shape index (κ3) is 4.14. The number of anilines is 1. The Morgan fingerprint density at radius 2 is 2.04 bits per heavy atom. The monoisotopic (exact) mass is 344 g/mol. The van der Waals surface area contributed by atoms with Gasteiger partial charge in [-0.05, 0) is 26.3 Å². The summed E-state index contributed by atoms with van der Waals surface area (Å²) in [5.74, 6) is 0.783. The van der Waals surface area contributed by atoms with Crippen molar-refractivity contribution in [2.75, 3.05) is 25.0 Å². The lowest BCUT2D eigenvalue weighted by Crippen LogP contribution is -2.31. The molecule has 0 aliphatic carbocycles. The van der Waals surface area contributed by atoms with Crippen LogP contribution in [0.25, 0.3) is 0 Å². The van der Waals surface area contributed by atoms with E-state index in [2.05, 4.69) is 20.4 Å². The van der Waals surface area contributed by atoms with Crippen LogP contribution < -0.4 is 5.32 Å². The van der Waals surface area contributed by atoms with Crippen LogP contribution in [-0.2, 0) is 31.2 Å². The second-order valence-electron chi connectivity index (χ2n) is 6.47. The Morgan fingerprint density at radius 3 is 2.72 bits per heavy atom. The van der Waals surface area contributed by atoms with Gasteiger partial charge < -0.3 is 10.4 Å². The molecule has 25 heavy (non-hydrogen) atoms. The number of carbonyl (C=O) groups is 1. The van der Waals surface area contributed by atoms with E-state index in [1.165, 1.54) is 0 Å². The van der Waals surface area contributed by atoms with Crippen LogP contribution in [0.1, 0.15) is 28.5 Å². The second-order valence-corrected chi connectivity index (χ2v) is 6.47. The summed E-state index contributed by atoms with van der Waals surface area (Å²) >= 11 is 0. The van der Waals surface area contributed by atoms with Crippen molar-refractivity contribution in [2.24, 2.45) is 7.05 Å². The van der Waals surface area contributed by atoms with Gasteiger partial charge in [0.2, 0.25) is 0 Å². The Hall–Kier alpha value is -2.48. The number of carboxylic acid groups (broad SMARTS) is 1. The molecule has 1 aliphatic rings. The first kappa shape index (κ1) is 17.3. The van der Waals surface area contributed by atoms with Gasteiger partial charge in [-0.15, -0.1) is 0 Å². The molecule has 0 unspecified atom stereocenters. The first-order valence-electron chi connectivity index (χ1n) is 8.46. The van der Waals surface area contributed by atoms with E-state index >= 15 is 0 Å². The van der Waals surface area contributed by atoms with Crippen molar-refractivity contribution in [3.05, 3.63) is 34.5 Å². The van der Waals surface area contributed by atoms with Crippen LogP contribution in [0.3, 0.4) is 0 Å². The maximum Gasteiger partial charge on any atom is 0.317 e. The molecule has 0 aromatic carbocycles. The summed E-state index contributed by atoms with van der Waals surface area (Å²) in [5, 5.41) is 16.8. The predicted octanol–water partition coefficient (Wildman–Crippen LogP) is 0.924. The van der Waals surface area contributed by atoms with Gasteiger partial charge in [-0.1, -0.05) is 0 Å². The third-order valence-electron chi connectivity index (χ3n) is 4.44. The highest BCUT2D eigenvalue weighted by Gasteiger charge is 2.20. The minimum Gasteiger partial charge on any atom is -0.480 e. The number of carboxylic acids is 1. The summed E-state index contributed by atoms with van der Waals surface area (Å²) in [5.41, 5.74) is 4.19. The van der Waals surface area contributed by atoms with Crippen molar-refractivity contribution in [3.63, 3.8) is 0 Å². The van der Waals surface area contributed by atoms with Crippen molar-refractivity contribution in [1.29, 1.82) is 0 Å². The number of hydrogen-bond donors (Lipinski definition) is 2. The molecular formula is C17H24N6O2. The number of rotatable bonds is 5. The zero-order valence-corrected chi connectivity index (χ0v) is 14.9. The summed E-state index contributed by atoms with van der Waals surface area (Å²) in [7, 11) is 1.93. The van der Waals surface area contributed by atoms with Gasteiger partial charge in [0.1, 0.15) is 11.6 Å². The number of aliphatic carboxylic acids is 1. The SMILES string of the molecule is Cc1cc(CNc2nc(C)nc3c2CCN(CC(=O)O)CC3)n(C)n1. The van der Waals surface area contributed by atoms with E-state index in [0.717, 1.165) is 47.1 Å². The maximum atomic E-state index is 11.0. The lowest BCUT2D eigenvalue weighted by molar-refractivity contribution is -0.138. The highest BCUT2D eigenvalue weighted by atomic mass is 16.4. The third-order valence-corrected chi connectivity index (χ3v) is 4.44. The van der Waals surface area contributed by atoms with Crippen molar-refractivity contribution in [2.45, 2.75) is 33.2 Å². The van der Waals surface area contributed by atoms with Crippen molar-refractivity contribution >= 4 is 11.8 Å². The van der Waals surface area contributed by atoms with Gasteiger partial charge in [-0.3, -0.25) is 14.4 Å². The van der Waals surface area contributed by atoms with E-state index in [1.807, 2.05) is 36.5 Å². The molecule has 1 aliphatic heterocycles. The smallest absolute Gasteiger partial charge is 0.317 e. The summed E-state index contributed by atoms with van der Waals surface area (Å²) < 4.78 is 1.86. The molecule has 0 radical (unpaired) electrons. The fourth-order valence-corrected chi connectivity index (χ4v) is 3.27.